The largest absolute Gasteiger partial charge is 0.275 e. The second kappa shape index (κ2) is 6.39. The van der Waals surface area contributed by atoms with Gasteiger partial charge in [-0.25, -0.2) is 0 Å². The van der Waals surface area contributed by atoms with E-state index in [1.54, 1.807) is 12.1 Å². The average molecular weight is 330 g/mol. The van der Waals surface area contributed by atoms with E-state index in [0.717, 1.165) is 23.3 Å². The smallest absolute Gasteiger partial charge is 0.158 e. The number of hydrogen-bond donors (Lipinski definition) is 0. The second-order valence-corrected chi connectivity index (χ2v) is 5.85. The third-order valence-corrected chi connectivity index (χ3v) is 4.35. The van der Waals surface area contributed by atoms with Crippen molar-refractivity contribution in [1.82, 2.24) is 5.01 Å². The highest BCUT2D eigenvalue weighted by Crippen LogP contribution is 2.30. The van der Waals surface area contributed by atoms with Crippen LogP contribution in [0.3, 0.4) is 0 Å². The predicted molar refractivity (Wildman–Crippen MR) is 89.1 cm³/mol. The van der Waals surface area contributed by atoms with Crippen molar-refractivity contribution in [3.63, 3.8) is 0 Å². The highest BCUT2D eigenvalue weighted by molar-refractivity contribution is 6.42. The molecule has 0 bridgehead atoms. The van der Waals surface area contributed by atoms with Crippen molar-refractivity contribution in [2.75, 3.05) is 6.54 Å². The number of nitriles is 1. The standard InChI is InChI=1S/C17H13Cl2N3/c18-14-7-6-13(10-15(14)19)17(11-20)22-9-8-16(21-22)12-4-2-1-3-5-12/h1-7,10,17H,8-9H2/t17-/m0/s1. The lowest BCUT2D eigenvalue weighted by Gasteiger charge is -2.20. The summed E-state index contributed by atoms with van der Waals surface area (Å²) in [6.45, 7) is 0.711. The lowest BCUT2D eigenvalue weighted by Crippen LogP contribution is -2.20. The summed E-state index contributed by atoms with van der Waals surface area (Å²) in [5.74, 6) is 0. The third kappa shape index (κ3) is 2.94. The van der Waals surface area contributed by atoms with Crippen LogP contribution in [0.25, 0.3) is 0 Å². The first-order valence-corrected chi connectivity index (χ1v) is 7.69. The summed E-state index contributed by atoms with van der Waals surface area (Å²) in [4.78, 5) is 0. The molecule has 1 aliphatic rings. The number of nitrogens with zero attached hydrogens (tertiary/aromatic N) is 3. The Bertz CT molecular complexity index is 750. The molecule has 110 valence electrons. The Hall–Kier alpha value is -2.02. The second-order valence-electron chi connectivity index (χ2n) is 5.03. The number of hydrazone groups is 1. The summed E-state index contributed by atoms with van der Waals surface area (Å²) < 4.78 is 0. The summed E-state index contributed by atoms with van der Waals surface area (Å²) in [6, 6.07) is 17.1. The maximum atomic E-state index is 9.52. The SMILES string of the molecule is N#C[C@@H](c1ccc(Cl)c(Cl)c1)N1CCC(c2ccccc2)=N1. The number of hydrogen-bond acceptors (Lipinski definition) is 3. The first-order valence-electron chi connectivity index (χ1n) is 6.93. The molecular weight excluding hydrogens is 317 g/mol. The minimum Gasteiger partial charge on any atom is -0.275 e. The van der Waals surface area contributed by atoms with Gasteiger partial charge < -0.3 is 0 Å². The van der Waals surface area contributed by atoms with E-state index in [0.29, 0.717) is 16.6 Å². The van der Waals surface area contributed by atoms with Crippen molar-refractivity contribution >= 4 is 28.9 Å². The van der Waals surface area contributed by atoms with Crippen LogP contribution in [0.5, 0.6) is 0 Å². The molecule has 0 amide bonds. The van der Waals surface area contributed by atoms with Crippen LogP contribution in [-0.2, 0) is 0 Å². The third-order valence-electron chi connectivity index (χ3n) is 3.61. The Morgan fingerprint density at radius 2 is 1.86 bits per heavy atom. The fourth-order valence-electron chi connectivity index (χ4n) is 2.49. The normalized spacial score (nSPS) is 15.3. The van der Waals surface area contributed by atoms with Crippen LogP contribution in [0.2, 0.25) is 10.0 Å². The number of halogens is 2. The van der Waals surface area contributed by atoms with Gasteiger partial charge >= 0.3 is 0 Å². The van der Waals surface area contributed by atoms with Crippen LogP contribution in [0.15, 0.2) is 53.6 Å². The van der Waals surface area contributed by atoms with Crippen molar-refractivity contribution in [1.29, 1.82) is 5.26 Å². The molecule has 1 aliphatic heterocycles. The molecule has 5 heteroatoms. The Balaban J connectivity index is 1.88. The van der Waals surface area contributed by atoms with Gasteiger partial charge in [-0.3, -0.25) is 5.01 Å². The first-order chi connectivity index (χ1) is 10.7. The molecule has 0 spiro atoms. The van der Waals surface area contributed by atoms with Gasteiger partial charge in [0.2, 0.25) is 0 Å². The zero-order valence-electron chi connectivity index (χ0n) is 11.7. The Labute approximate surface area is 139 Å². The minimum absolute atomic E-state index is 0.450. The summed E-state index contributed by atoms with van der Waals surface area (Å²) in [7, 11) is 0. The van der Waals surface area contributed by atoms with Gasteiger partial charge in [-0.05, 0) is 23.3 Å². The van der Waals surface area contributed by atoms with Gasteiger partial charge in [-0.1, -0.05) is 59.6 Å². The van der Waals surface area contributed by atoms with E-state index >= 15 is 0 Å². The van der Waals surface area contributed by atoms with Gasteiger partial charge in [0.15, 0.2) is 6.04 Å². The Kier molecular flexibility index (Phi) is 4.33. The predicted octanol–water partition coefficient (Wildman–Crippen LogP) is 4.67. The highest BCUT2D eigenvalue weighted by Gasteiger charge is 2.25. The molecule has 0 aliphatic carbocycles. The Morgan fingerprint density at radius 3 is 2.55 bits per heavy atom. The maximum Gasteiger partial charge on any atom is 0.158 e. The van der Waals surface area contributed by atoms with Crippen molar-refractivity contribution in [2.45, 2.75) is 12.5 Å². The fourth-order valence-corrected chi connectivity index (χ4v) is 2.80. The van der Waals surface area contributed by atoms with Crippen molar-refractivity contribution < 1.29 is 0 Å². The van der Waals surface area contributed by atoms with Crippen molar-refractivity contribution in [3.05, 3.63) is 69.7 Å². The molecule has 3 nitrogen and oxygen atoms in total. The molecule has 0 fully saturated rings. The molecular formula is C17H13Cl2N3. The number of rotatable bonds is 3. The lowest BCUT2D eigenvalue weighted by atomic mass is 10.1. The number of benzene rings is 2. The van der Waals surface area contributed by atoms with E-state index in [2.05, 4.69) is 11.2 Å². The van der Waals surface area contributed by atoms with Gasteiger partial charge in [0.05, 0.1) is 21.8 Å². The fraction of sp³-hybridized carbons (Fsp3) is 0.176. The summed E-state index contributed by atoms with van der Waals surface area (Å²) in [6.07, 6.45) is 0.823. The van der Waals surface area contributed by atoms with Crippen LogP contribution in [-0.4, -0.2) is 17.3 Å². The van der Waals surface area contributed by atoms with Crippen LogP contribution in [0, 0.1) is 11.3 Å². The molecule has 0 unspecified atom stereocenters. The zero-order valence-corrected chi connectivity index (χ0v) is 13.2. The average Bonchev–Trinajstić information content (AvgIpc) is 3.02. The first kappa shape index (κ1) is 14.9. The van der Waals surface area contributed by atoms with Gasteiger partial charge in [0.1, 0.15) is 0 Å². The van der Waals surface area contributed by atoms with Crippen molar-refractivity contribution in [3.8, 4) is 6.07 Å². The van der Waals surface area contributed by atoms with Crippen LogP contribution in [0.1, 0.15) is 23.6 Å². The van der Waals surface area contributed by atoms with Gasteiger partial charge in [0.25, 0.3) is 0 Å². The maximum absolute atomic E-state index is 9.52. The Morgan fingerprint density at radius 1 is 1.09 bits per heavy atom. The molecule has 1 atom stereocenters. The molecule has 0 aromatic heterocycles. The van der Waals surface area contributed by atoms with E-state index < -0.39 is 6.04 Å². The monoisotopic (exact) mass is 329 g/mol. The molecule has 0 saturated heterocycles. The van der Waals surface area contributed by atoms with E-state index in [1.807, 2.05) is 41.4 Å². The minimum atomic E-state index is -0.462. The highest BCUT2D eigenvalue weighted by atomic mass is 35.5. The lowest BCUT2D eigenvalue weighted by molar-refractivity contribution is 0.275. The van der Waals surface area contributed by atoms with Gasteiger partial charge in [-0.15, -0.1) is 0 Å². The van der Waals surface area contributed by atoms with E-state index in [4.69, 9.17) is 23.2 Å². The molecule has 22 heavy (non-hydrogen) atoms. The quantitative estimate of drug-likeness (QED) is 0.820. The van der Waals surface area contributed by atoms with Crippen LogP contribution < -0.4 is 0 Å². The van der Waals surface area contributed by atoms with Gasteiger partial charge in [0, 0.05) is 13.0 Å². The van der Waals surface area contributed by atoms with E-state index in [1.165, 1.54) is 0 Å². The van der Waals surface area contributed by atoms with Gasteiger partial charge in [-0.2, -0.15) is 10.4 Å². The molecule has 0 N–H and O–H groups in total. The van der Waals surface area contributed by atoms with Crippen LogP contribution >= 0.6 is 23.2 Å². The molecule has 3 rings (SSSR count). The summed E-state index contributed by atoms with van der Waals surface area (Å²) >= 11 is 12.0. The topological polar surface area (TPSA) is 39.4 Å². The van der Waals surface area contributed by atoms with Crippen molar-refractivity contribution in [2.24, 2.45) is 5.10 Å². The summed E-state index contributed by atoms with van der Waals surface area (Å²) in [5.41, 5.74) is 2.90. The molecule has 0 saturated carbocycles. The summed E-state index contributed by atoms with van der Waals surface area (Å²) in [5, 5.41) is 16.9. The van der Waals surface area contributed by atoms with E-state index in [-0.39, 0.29) is 0 Å². The zero-order chi connectivity index (χ0) is 15.5. The molecule has 2 aromatic carbocycles. The molecule has 2 aromatic rings. The molecule has 0 radical (unpaired) electrons. The van der Waals surface area contributed by atoms with Crippen LogP contribution in [0.4, 0.5) is 0 Å². The van der Waals surface area contributed by atoms with E-state index in [9.17, 15) is 5.26 Å². The molecule has 1 heterocycles.